The van der Waals surface area contributed by atoms with Crippen molar-refractivity contribution in [2.75, 3.05) is 13.1 Å². The van der Waals surface area contributed by atoms with Gasteiger partial charge in [-0.3, -0.25) is 14.5 Å². The van der Waals surface area contributed by atoms with E-state index in [1.54, 1.807) is 48.5 Å². The summed E-state index contributed by atoms with van der Waals surface area (Å²) < 4.78 is 0.354. The molecule has 144 valence electrons. The van der Waals surface area contributed by atoms with Crippen molar-refractivity contribution in [3.05, 3.63) is 69.6 Å². The number of hydrogen-bond donors (Lipinski definition) is 2. The van der Waals surface area contributed by atoms with Crippen molar-refractivity contribution in [3.8, 4) is 5.75 Å². The number of halogens is 1. The normalized spacial score (nSPS) is 15.3. The number of phenols is 1. The third kappa shape index (κ3) is 5.34. The number of nitrogens with one attached hydrogen (secondary N) is 1. The van der Waals surface area contributed by atoms with E-state index in [9.17, 15) is 14.7 Å². The third-order valence-electron chi connectivity index (χ3n) is 3.99. The molecule has 2 aromatic carbocycles. The first kappa shape index (κ1) is 20.4. The number of rotatable bonds is 6. The molecule has 28 heavy (non-hydrogen) atoms. The highest BCUT2D eigenvalue weighted by molar-refractivity contribution is 8.26. The second kappa shape index (κ2) is 9.23. The summed E-state index contributed by atoms with van der Waals surface area (Å²) in [6.07, 6.45) is 2.34. The van der Waals surface area contributed by atoms with Gasteiger partial charge < -0.3 is 10.4 Å². The minimum Gasteiger partial charge on any atom is -0.508 e. The van der Waals surface area contributed by atoms with Crippen molar-refractivity contribution in [2.45, 2.75) is 6.42 Å². The molecule has 0 atom stereocenters. The predicted octanol–water partition coefficient (Wildman–Crippen LogP) is 3.61. The fourth-order valence-corrected chi connectivity index (χ4v) is 4.05. The van der Waals surface area contributed by atoms with E-state index in [2.05, 4.69) is 5.32 Å². The minimum atomic E-state index is -0.288. The number of aromatic hydroxyl groups is 1. The van der Waals surface area contributed by atoms with Crippen LogP contribution in [0.15, 0.2) is 53.4 Å². The van der Waals surface area contributed by atoms with E-state index in [1.165, 1.54) is 16.7 Å². The van der Waals surface area contributed by atoms with Gasteiger partial charge in [0, 0.05) is 11.6 Å². The SMILES string of the molecule is O=C(CN1C(=O)/C(=C/c2cccc(Cl)c2)SC1=S)NCCc1ccc(O)cc1. The molecule has 3 rings (SSSR count). The average molecular weight is 433 g/mol. The molecule has 1 heterocycles. The summed E-state index contributed by atoms with van der Waals surface area (Å²) in [6.45, 7) is 0.309. The second-order valence-electron chi connectivity index (χ2n) is 6.09. The zero-order chi connectivity index (χ0) is 20.1. The summed E-state index contributed by atoms with van der Waals surface area (Å²) in [5.74, 6) is -0.365. The van der Waals surface area contributed by atoms with Crippen LogP contribution < -0.4 is 5.32 Å². The van der Waals surface area contributed by atoms with E-state index >= 15 is 0 Å². The Labute approximate surface area is 177 Å². The van der Waals surface area contributed by atoms with Gasteiger partial charge in [0.05, 0.1) is 4.91 Å². The smallest absolute Gasteiger partial charge is 0.266 e. The fraction of sp³-hybridized carbons (Fsp3) is 0.150. The van der Waals surface area contributed by atoms with Crippen LogP contribution in [-0.4, -0.2) is 39.2 Å². The quantitative estimate of drug-likeness (QED) is 0.539. The molecular formula is C20H17ClN2O3S2. The van der Waals surface area contributed by atoms with E-state index in [0.29, 0.717) is 27.2 Å². The first-order chi connectivity index (χ1) is 13.4. The lowest BCUT2D eigenvalue weighted by atomic mass is 10.1. The Bertz CT molecular complexity index is 945. The van der Waals surface area contributed by atoms with Crippen molar-refractivity contribution in [1.82, 2.24) is 10.2 Å². The third-order valence-corrected chi connectivity index (χ3v) is 5.61. The number of thiocarbonyl (C=S) groups is 1. The molecule has 1 fully saturated rings. The first-order valence-corrected chi connectivity index (χ1v) is 10.1. The Balaban J connectivity index is 1.54. The lowest BCUT2D eigenvalue weighted by molar-refractivity contribution is -0.128. The summed E-state index contributed by atoms with van der Waals surface area (Å²) in [5.41, 5.74) is 1.79. The van der Waals surface area contributed by atoms with Gasteiger partial charge in [-0.05, 0) is 47.9 Å². The molecule has 0 bridgehead atoms. The summed E-state index contributed by atoms with van der Waals surface area (Å²) in [5, 5.41) is 12.6. The van der Waals surface area contributed by atoms with Crippen LogP contribution in [-0.2, 0) is 16.0 Å². The Morgan fingerprint density at radius 1 is 1.25 bits per heavy atom. The van der Waals surface area contributed by atoms with Crippen LogP contribution >= 0.6 is 35.6 Å². The van der Waals surface area contributed by atoms with Gasteiger partial charge in [-0.1, -0.05) is 59.8 Å². The van der Waals surface area contributed by atoms with Gasteiger partial charge in [0.25, 0.3) is 5.91 Å². The molecule has 2 N–H and O–H groups in total. The Kier molecular flexibility index (Phi) is 6.72. The van der Waals surface area contributed by atoms with Crippen LogP contribution in [0, 0.1) is 0 Å². The van der Waals surface area contributed by atoms with Crippen molar-refractivity contribution in [3.63, 3.8) is 0 Å². The van der Waals surface area contributed by atoms with Crippen molar-refractivity contribution >= 4 is 57.8 Å². The predicted molar refractivity (Wildman–Crippen MR) is 116 cm³/mol. The zero-order valence-corrected chi connectivity index (χ0v) is 17.1. The van der Waals surface area contributed by atoms with Crippen LogP contribution in [0.25, 0.3) is 6.08 Å². The van der Waals surface area contributed by atoms with Gasteiger partial charge in [-0.25, -0.2) is 0 Å². The number of amides is 2. The largest absolute Gasteiger partial charge is 0.508 e. The van der Waals surface area contributed by atoms with E-state index < -0.39 is 0 Å². The Hall–Kier alpha value is -2.35. The van der Waals surface area contributed by atoms with Gasteiger partial charge in [-0.15, -0.1) is 0 Å². The lowest BCUT2D eigenvalue weighted by Crippen LogP contribution is -2.40. The molecule has 0 unspecified atom stereocenters. The molecule has 0 radical (unpaired) electrons. The highest BCUT2D eigenvalue weighted by Crippen LogP contribution is 2.32. The van der Waals surface area contributed by atoms with Crippen molar-refractivity contribution in [1.29, 1.82) is 0 Å². The molecule has 2 amide bonds. The molecule has 1 aliphatic rings. The standard InChI is InChI=1S/C20H17ClN2O3S2/c21-15-3-1-2-14(10-15)11-17-19(26)23(20(27)28-17)12-18(25)22-9-8-13-4-6-16(24)7-5-13/h1-7,10-11,24H,8-9,12H2,(H,22,25)/b17-11-. The van der Waals surface area contributed by atoms with Crippen molar-refractivity contribution < 1.29 is 14.7 Å². The second-order valence-corrected chi connectivity index (χ2v) is 8.20. The maximum atomic E-state index is 12.6. The molecule has 1 aliphatic heterocycles. The molecular weight excluding hydrogens is 416 g/mol. The minimum absolute atomic E-state index is 0.118. The summed E-state index contributed by atoms with van der Waals surface area (Å²) in [7, 11) is 0. The summed E-state index contributed by atoms with van der Waals surface area (Å²) >= 11 is 12.4. The molecule has 5 nitrogen and oxygen atoms in total. The van der Waals surface area contributed by atoms with Gasteiger partial charge >= 0.3 is 0 Å². The van der Waals surface area contributed by atoms with Crippen LogP contribution in [0.4, 0.5) is 0 Å². The Morgan fingerprint density at radius 2 is 2.00 bits per heavy atom. The molecule has 0 spiro atoms. The van der Waals surface area contributed by atoms with E-state index in [4.69, 9.17) is 23.8 Å². The number of thioether (sulfide) groups is 1. The lowest BCUT2D eigenvalue weighted by Gasteiger charge is -2.14. The van der Waals surface area contributed by atoms with Gasteiger partial charge in [-0.2, -0.15) is 0 Å². The molecule has 0 aromatic heterocycles. The van der Waals surface area contributed by atoms with Gasteiger partial charge in [0.2, 0.25) is 5.91 Å². The van der Waals surface area contributed by atoms with E-state index in [-0.39, 0.29) is 24.1 Å². The molecule has 2 aromatic rings. The van der Waals surface area contributed by atoms with Gasteiger partial charge in [0.1, 0.15) is 16.6 Å². The molecule has 0 saturated carbocycles. The molecule has 0 aliphatic carbocycles. The summed E-state index contributed by atoms with van der Waals surface area (Å²) in [4.78, 5) is 26.5. The maximum Gasteiger partial charge on any atom is 0.266 e. The topological polar surface area (TPSA) is 69.6 Å². The average Bonchev–Trinajstić information content (AvgIpc) is 2.91. The molecule has 8 heteroatoms. The fourth-order valence-electron chi connectivity index (χ4n) is 2.59. The van der Waals surface area contributed by atoms with Crippen molar-refractivity contribution in [2.24, 2.45) is 0 Å². The monoisotopic (exact) mass is 432 g/mol. The van der Waals surface area contributed by atoms with Crippen LogP contribution in [0.5, 0.6) is 5.75 Å². The Morgan fingerprint density at radius 3 is 2.71 bits per heavy atom. The van der Waals surface area contributed by atoms with E-state index in [1.807, 2.05) is 6.07 Å². The zero-order valence-electron chi connectivity index (χ0n) is 14.7. The number of phenolic OH excluding ortho intramolecular Hbond substituents is 1. The van der Waals surface area contributed by atoms with Crippen LogP contribution in [0.1, 0.15) is 11.1 Å². The first-order valence-electron chi connectivity index (χ1n) is 8.48. The maximum absolute atomic E-state index is 12.6. The van der Waals surface area contributed by atoms with E-state index in [0.717, 1.165) is 11.1 Å². The number of nitrogens with zero attached hydrogens (tertiary/aromatic N) is 1. The number of hydrogen-bond acceptors (Lipinski definition) is 5. The number of carbonyl (C=O) groups is 2. The van der Waals surface area contributed by atoms with Gasteiger partial charge in [0.15, 0.2) is 0 Å². The van der Waals surface area contributed by atoms with Crippen LogP contribution in [0.3, 0.4) is 0 Å². The summed E-state index contributed by atoms with van der Waals surface area (Å²) in [6, 6.07) is 13.9. The van der Waals surface area contributed by atoms with Crippen LogP contribution in [0.2, 0.25) is 5.02 Å². The number of benzene rings is 2. The molecule has 1 saturated heterocycles. The highest BCUT2D eigenvalue weighted by atomic mass is 35.5. The highest BCUT2D eigenvalue weighted by Gasteiger charge is 2.33. The number of carbonyl (C=O) groups excluding carboxylic acids is 2.